The number of benzene rings is 2. The van der Waals surface area contributed by atoms with Crippen LogP contribution in [0.3, 0.4) is 0 Å². The van der Waals surface area contributed by atoms with Gasteiger partial charge in [-0.05, 0) is 31.5 Å². The zero-order valence-electron chi connectivity index (χ0n) is 10.5. The molecule has 0 unspecified atom stereocenters. The lowest BCUT2D eigenvalue weighted by Crippen LogP contribution is -2.04. The minimum atomic E-state index is 0.132. The van der Waals surface area contributed by atoms with Crippen LogP contribution in [0.25, 0.3) is 0 Å². The summed E-state index contributed by atoms with van der Waals surface area (Å²) in [4.78, 5) is 12.3. The average Bonchev–Trinajstić information content (AvgIpc) is 2.45. The number of hydrogen-bond acceptors (Lipinski definition) is 2. The van der Waals surface area contributed by atoms with Gasteiger partial charge in [-0.1, -0.05) is 29.8 Å². The van der Waals surface area contributed by atoms with Crippen molar-refractivity contribution in [3.05, 3.63) is 58.7 Å². The topological polar surface area (TPSA) is 26.3 Å². The highest BCUT2D eigenvalue weighted by atomic mass is 16.5. The van der Waals surface area contributed by atoms with E-state index in [1.165, 1.54) is 0 Å². The van der Waals surface area contributed by atoms with Gasteiger partial charge in [0.2, 0.25) is 0 Å². The molecule has 0 saturated carbocycles. The molecule has 0 atom stereocenters. The van der Waals surface area contributed by atoms with Crippen LogP contribution < -0.4 is 4.74 Å². The molecule has 90 valence electrons. The van der Waals surface area contributed by atoms with Gasteiger partial charge in [0, 0.05) is 12.0 Å². The van der Waals surface area contributed by atoms with Crippen molar-refractivity contribution < 1.29 is 9.53 Å². The molecule has 0 bridgehead atoms. The van der Waals surface area contributed by atoms with Crippen molar-refractivity contribution in [2.45, 2.75) is 20.3 Å². The Hall–Kier alpha value is -2.09. The minimum Gasteiger partial charge on any atom is -0.456 e. The molecule has 2 aromatic carbocycles. The fourth-order valence-corrected chi connectivity index (χ4v) is 2.41. The monoisotopic (exact) mass is 238 g/mol. The Morgan fingerprint density at radius 3 is 2.72 bits per heavy atom. The number of hydrogen-bond donors (Lipinski definition) is 0. The fourth-order valence-electron chi connectivity index (χ4n) is 2.41. The summed E-state index contributed by atoms with van der Waals surface area (Å²) in [6, 6.07) is 11.7. The van der Waals surface area contributed by atoms with E-state index in [-0.39, 0.29) is 5.78 Å². The van der Waals surface area contributed by atoms with Gasteiger partial charge in [0.05, 0.1) is 5.56 Å². The predicted molar refractivity (Wildman–Crippen MR) is 70.5 cm³/mol. The van der Waals surface area contributed by atoms with Crippen LogP contribution in [0.15, 0.2) is 36.4 Å². The molecule has 0 fully saturated rings. The molecule has 1 heterocycles. The lowest BCUT2D eigenvalue weighted by Gasteiger charge is -2.09. The highest BCUT2D eigenvalue weighted by molar-refractivity contribution is 6.02. The molecule has 2 heteroatoms. The summed E-state index contributed by atoms with van der Waals surface area (Å²) < 4.78 is 5.89. The molecular formula is C16H14O2. The summed E-state index contributed by atoms with van der Waals surface area (Å²) in [7, 11) is 0. The van der Waals surface area contributed by atoms with Gasteiger partial charge in [-0.2, -0.15) is 0 Å². The Labute approximate surface area is 106 Å². The van der Waals surface area contributed by atoms with Crippen LogP contribution in [0.5, 0.6) is 11.5 Å². The van der Waals surface area contributed by atoms with E-state index in [4.69, 9.17) is 4.74 Å². The molecule has 0 aliphatic carbocycles. The number of fused-ring (bicyclic) bond motifs is 2. The Morgan fingerprint density at radius 1 is 1.06 bits per heavy atom. The molecule has 3 rings (SSSR count). The molecule has 1 aliphatic rings. The van der Waals surface area contributed by atoms with Crippen molar-refractivity contribution in [3.63, 3.8) is 0 Å². The third-order valence-electron chi connectivity index (χ3n) is 3.30. The highest BCUT2D eigenvalue weighted by Gasteiger charge is 2.22. The molecule has 2 nitrogen and oxygen atoms in total. The molecule has 0 radical (unpaired) electrons. The van der Waals surface area contributed by atoms with Gasteiger partial charge in [-0.15, -0.1) is 0 Å². The number of carbonyl (C=O) groups excluding carboxylic acids is 1. The smallest absolute Gasteiger partial charge is 0.171 e. The van der Waals surface area contributed by atoms with E-state index in [0.717, 1.165) is 22.4 Å². The van der Waals surface area contributed by atoms with Gasteiger partial charge in [0.15, 0.2) is 5.78 Å². The summed E-state index contributed by atoms with van der Waals surface area (Å²) in [5.74, 6) is 1.59. The Bertz CT molecular complexity index is 642. The van der Waals surface area contributed by atoms with Gasteiger partial charge >= 0.3 is 0 Å². The van der Waals surface area contributed by atoms with Crippen molar-refractivity contribution in [1.82, 2.24) is 0 Å². The van der Waals surface area contributed by atoms with Crippen molar-refractivity contribution in [2.24, 2.45) is 0 Å². The maximum Gasteiger partial charge on any atom is 0.171 e. The third-order valence-corrected chi connectivity index (χ3v) is 3.30. The zero-order chi connectivity index (χ0) is 12.7. The predicted octanol–water partition coefficient (Wildman–Crippen LogP) is 3.83. The second-order valence-corrected chi connectivity index (χ2v) is 4.76. The Balaban J connectivity index is 2.19. The second kappa shape index (κ2) is 3.98. The van der Waals surface area contributed by atoms with Crippen LogP contribution in [0.1, 0.15) is 27.0 Å². The molecule has 2 aromatic rings. The highest BCUT2D eigenvalue weighted by Crippen LogP contribution is 2.35. The molecule has 0 spiro atoms. The summed E-state index contributed by atoms with van der Waals surface area (Å²) in [5, 5.41) is 0. The maximum atomic E-state index is 12.3. The first-order valence-corrected chi connectivity index (χ1v) is 6.05. The minimum absolute atomic E-state index is 0.132. The van der Waals surface area contributed by atoms with Crippen molar-refractivity contribution in [3.8, 4) is 11.5 Å². The Morgan fingerprint density at radius 2 is 1.89 bits per heavy atom. The molecule has 0 saturated heterocycles. The molecule has 0 N–H and O–H groups in total. The number of ketones is 1. The van der Waals surface area contributed by atoms with E-state index < -0.39 is 0 Å². The van der Waals surface area contributed by atoms with Gasteiger partial charge in [-0.25, -0.2) is 0 Å². The number of carbonyl (C=O) groups is 1. The average molecular weight is 238 g/mol. The molecule has 0 aromatic heterocycles. The first-order valence-electron chi connectivity index (χ1n) is 6.05. The van der Waals surface area contributed by atoms with Crippen LogP contribution in [0.2, 0.25) is 0 Å². The SMILES string of the molecule is Cc1ccc2c(c1)CC(=O)c1c(C)cccc1O2. The summed E-state index contributed by atoms with van der Waals surface area (Å²) in [5.41, 5.74) is 3.80. The normalized spacial score (nSPS) is 13.3. The van der Waals surface area contributed by atoms with Crippen LogP contribution in [-0.2, 0) is 6.42 Å². The van der Waals surface area contributed by atoms with Gasteiger partial charge < -0.3 is 4.74 Å². The first-order chi connectivity index (χ1) is 8.65. The van der Waals surface area contributed by atoms with E-state index in [9.17, 15) is 4.79 Å². The number of aryl methyl sites for hydroxylation is 2. The molecule has 18 heavy (non-hydrogen) atoms. The summed E-state index contributed by atoms with van der Waals surface area (Å²) >= 11 is 0. The number of rotatable bonds is 0. The quantitative estimate of drug-likeness (QED) is 0.697. The third kappa shape index (κ3) is 1.70. The molecular weight excluding hydrogens is 224 g/mol. The first kappa shape index (κ1) is 11.0. The lowest BCUT2D eigenvalue weighted by atomic mass is 9.98. The lowest BCUT2D eigenvalue weighted by molar-refractivity contribution is 0.0993. The fraction of sp³-hybridized carbons (Fsp3) is 0.188. The van der Waals surface area contributed by atoms with Crippen LogP contribution in [-0.4, -0.2) is 5.78 Å². The van der Waals surface area contributed by atoms with Crippen molar-refractivity contribution in [2.75, 3.05) is 0 Å². The van der Waals surface area contributed by atoms with Crippen molar-refractivity contribution in [1.29, 1.82) is 0 Å². The zero-order valence-corrected chi connectivity index (χ0v) is 10.5. The van der Waals surface area contributed by atoms with Crippen molar-refractivity contribution >= 4 is 5.78 Å². The number of Topliss-reactive ketones (excluding diaryl/α,β-unsaturated/α-hetero) is 1. The molecule has 1 aliphatic heterocycles. The van der Waals surface area contributed by atoms with E-state index in [1.54, 1.807) is 0 Å². The molecule has 0 amide bonds. The van der Waals surface area contributed by atoms with E-state index in [0.29, 0.717) is 17.7 Å². The van der Waals surface area contributed by atoms with Crippen LogP contribution in [0, 0.1) is 13.8 Å². The van der Waals surface area contributed by atoms with E-state index in [1.807, 2.05) is 50.2 Å². The van der Waals surface area contributed by atoms with Crippen LogP contribution in [0.4, 0.5) is 0 Å². The Kier molecular flexibility index (Phi) is 2.44. The van der Waals surface area contributed by atoms with E-state index in [2.05, 4.69) is 0 Å². The summed E-state index contributed by atoms with van der Waals surface area (Å²) in [6.45, 7) is 3.97. The summed E-state index contributed by atoms with van der Waals surface area (Å²) in [6.07, 6.45) is 0.412. The standard InChI is InChI=1S/C16H14O2/c1-10-6-7-14-12(8-10)9-13(17)16-11(2)4-3-5-15(16)18-14/h3-8H,9H2,1-2H3. The largest absolute Gasteiger partial charge is 0.456 e. The van der Waals surface area contributed by atoms with Crippen LogP contribution >= 0.6 is 0 Å². The number of ether oxygens (including phenoxy) is 1. The second-order valence-electron chi connectivity index (χ2n) is 4.76. The van der Waals surface area contributed by atoms with Gasteiger partial charge in [0.25, 0.3) is 0 Å². The van der Waals surface area contributed by atoms with Gasteiger partial charge in [-0.3, -0.25) is 4.79 Å². The van der Waals surface area contributed by atoms with E-state index >= 15 is 0 Å². The maximum absolute atomic E-state index is 12.3. The van der Waals surface area contributed by atoms with Gasteiger partial charge in [0.1, 0.15) is 11.5 Å².